The van der Waals surface area contributed by atoms with E-state index in [1.807, 2.05) is 13.8 Å². The summed E-state index contributed by atoms with van der Waals surface area (Å²) in [4.78, 5) is 28.1. The van der Waals surface area contributed by atoms with Gasteiger partial charge >= 0.3 is 5.97 Å². The number of esters is 1. The van der Waals surface area contributed by atoms with E-state index in [-0.39, 0.29) is 12.5 Å². The number of hydrogen-bond donors (Lipinski definition) is 1. The Morgan fingerprint density at radius 2 is 2.07 bits per heavy atom. The van der Waals surface area contributed by atoms with E-state index in [1.165, 1.54) is 29.6 Å². The van der Waals surface area contributed by atoms with Gasteiger partial charge in [0, 0.05) is 17.1 Å². The molecule has 0 saturated carbocycles. The summed E-state index contributed by atoms with van der Waals surface area (Å²) in [5.74, 6) is -0.511. The van der Waals surface area contributed by atoms with Crippen molar-refractivity contribution in [1.29, 1.82) is 0 Å². The maximum atomic E-state index is 12.7. The predicted molar refractivity (Wildman–Crippen MR) is 110 cm³/mol. The van der Waals surface area contributed by atoms with Gasteiger partial charge in [0.1, 0.15) is 5.00 Å². The Bertz CT molecular complexity index is 873. The van der Waals surface area contributed by atoms with Crippen LogP contribution in [0.15, 0.2) is 18.2 Å². The molecule has 1 amide bonds. The normalized spacial score (nSPS) is 13.3. The van der Waals surface area contributed by atoms with Crippen LogP contribution < -0.4 is 10.2 Å². The SMILES string of the molecule is CCc1c(C)sc(NC(=O)CN2CCCc3cc(C)ccc32)c1C(=O)OC. The lowest BCUT2D eigenvalue weighted by Gasteiger charge is -2.31. The van der Waals surface area contributed by atoms with Gasteiger partial charge in [-0.25, -0.2) is 4.79 Å². The van der Waals surface area contributed by atoms with E-state index in [0.717, 1.165) is 41.9 Å². The highest BCUT2D eigenvalue weighted by molar-refractivity contribution is 7.16. The van der Waals surface area contributed by atoms with Gasteiger partial charge in [-0.15, -0.1) is 11.3 Å². The molecule has 0 aliphatic carbocycles. The summed E-state index contributed by atoms with van der Waals surface area (Å²) >= 11 is 1.44. The number of carbonyl (C=O) groups excluding carboxylic acids is 2. The third-order valence-corrected chi connectivity index (χ3v) is 6.05. The molecule has 3 rings (SSSR count). The van der Waals surface area contributed by atoms with Crippen LogP contribution in [-0.4, -0.2) is 32.1 Å². The maximum absolute atomic E-state index is 12.7. The fourth-order valence-electron chi connectivity index (χ4n) is 3.72. The molecule has 1 aliphatic rings. The second-order valence-corrected chi connectivity index (χ2v) is 8.12. The molecule has 6 heteroatoms. The van der Waals surface area contributed by atoms with Crippen molar-refractivity contribution >= 4 is 33.9 Å². The summed E-state index contributed by atoms with van der Waals surface area (Å²) in [7, 11) is 1.37. The lowest BCUT2D eigenvalue weighted by Crippen LogP contribution is -2.36. The average Bonchev–Trinajstić information content (AvgIpc) is 2.95. The third kappa shape index (κ3) is 4.00. The molecule has 0 unspecified atom stereocenters. The molecule has 1 N–H and O–H groups in total. The van der Waals surface area contributed by atoms with E-state index in [1.54, 1.807) is 0 Å². The number of rotatable bonds is 5. The van der Waals surface area contributed by atoms with Gasteiger partial charge in [0.2, 0.25) is 5.91 Å². The molecular weight excluding hydrogens is 360 g/mol. The summed E-state index contributed by atoms with van der Waals surface area (Å²) in [5, 5.41) is 3.53. The molecule has 0 saturated heterocycles. The van der Waals surface area contributed by atoms with Gasteiger partial charge in [-0.1, -0.05) is 24.6 Å². The Kier molecular flexibility index (Phi) is 5.85. The Morgan fingerprint density at radius 1 is 1.30 bits per heavy atom. The molecule has 5 nitrogen and oxygen atoms in total. The number of amides is 1. The van der Waals surface area contributed by atoms with Gasteiger partial charge in [-0.3, -0.25) is 4.79 Å². The van der Waals surface area contributed by atoms with Crippen molar-refractivity contribution in [2.24, 2.45) is 0 Å². The Hall–Kier alpha value is -2.34. The lowest BCUT2D eigenvalue weighted by atomic mass is 9.99. The molecule has 0 spiro atoms. The van der Waals surface area contributed by atoms with Crippen LogP contribution in [0, 0.1) is 13.8 Å². The highest BCUT2D eigenvalue weighted by Crippen LogP contribution is 2.34. The number of anilines is 2. The van der Waals surface area contributed by atoms with Gasteiger partial charge in [-0.05, 0) is 50.3 Å². The van der Waals surface area contributed by atoms with Crippen LogP contribution in [0.3, 0.4) is 0 Å². The number of thiophene rings is 1. The first kappa shape index (κ1) is 19.4. The Morgan fingerprint density at radius 3 is 2.78 bits per heavy atom. The van der Waals surface area contributed by atoms with E-state index < -0.39 is 5.97 Å². The lowest BCUT2D eigenvalue weighted by molar-refractivity contribution is -0.115. The summed E-state index contributed by atoms with van der Waals surface area (Å²) < 4.78 is 4.93. The molecule has 0 atom stereocenters. The number of nitrogens with one attached hydrogen (secondary N) is 1. The van der Waals surface area contributed by atoms with Crippen molar-refractivity contribution in [1.82, 2.24) is 0 Å². The molecule has 0 bridgehead atoms. The first-order chi connectivity index (χ1) is 12.9. The van der Waals surface area contributed by atoms with Crippen molar-refractivity contribution in [2.45, 2.75) is 40.0 Å². The van der Waals surface area contributed by atoms with E-state index in [4.69, 9.17) is 4.74 Å². The summed E-state index contributed by atoms with van der Waals surface area (Å²) in [6, 6.07) is 6.38. The minimum atomic E-state index is -0.398. The molecule has 1 aromatic heterocycles. The minimum absolute atomic E-state index is 0.113. The smallest absolute Gasteiger partial charge is 0.341 e. The zero-order valence-electron chi connectivity index (χ0n) is 16.3. The zero-order valence-corrected chi connectivity index (χ0v) is 17.2. The van der Waals surface area contributed by atoms with Crippen molar-refractivity contribution in [3.05, 3.63) is 45.3 Å². The van der Waals surface area contributed by atoms with Crippen molar-refractivity contribution in [2.75, 3.05) is 30.4 Å². The Balaban J connectivity index is 1.79. The number of benzene rings is 1. The van der Waals surface area contributed by atoms with Crippen LogP contribution in [0.25, 0.3) is 0 Å². The minimum Gasteiger partial charge on any atom is -0.465 e. The van der Waals surface area contributed by atoms with Gasteiger partial charge in [0.25, 0.3) is 0 Å². The fraction of sp³-hybridized carbons (Fsp3) is 0.429. The molecule has 27 heavy (non-hydrogen) atoms. The summed E-state index contributed by atoms with van der Waals surface area (Å²) in [6.45, 7) is 7.19. The van der Waals surface area contributed by atoms with E-state index in [2.05, 4.69) is 35.3 Å². The van der Waals surface area contributed by atoms with E-state index in [9.17, 15) is 9.59 Å². The number of methoxy groups -OCH3 is 1. The quantitative estimate of drug-likeness (QED) is 0.786. The largest absolute Gasteiger partial charge is 0.465 e. The van der Waals surface area contributed by atoms with Crippen molar-refractivity contribution < 1.29 is 14.3 Å². The van der Waals surface area contributed by atoms with Gasteiger partial charge in [-0.2, -0.15) is 0 Å². The van der Waals surface area contributed by atoms with Crippen LogP contribution in [0.1, 0.15) is 45.3 Å². The molecule has 2 aromatic rings. The van der Waals surface area contributed by atoms with Crippen LogP contribution in [-0.2, 0) is 22.4 Å². The monoisotopic (exact) mass is 386 g/mol. The van der Waals surface area contributed by atoms with Gasteiger partial charge in [0.05, 0.1) is 19.2 Å². The molecule has 144 valence electrons. The standard InChI is InChI=1S/C21H26N2O3S/c1-5-16-14(3)27-20(19(16)21(25)26-4)22-18(24)12-23-10-6-7-15-11-13(2)8-9-17(15)23/h8-9,11H,5-7,10,12H2,1-4H3,(H,22,24). The molecule has 1 aliphatic heterocycles. The topological polar surface area (TPSA) is 58.6 Å². The first-order valence-electron chi connectivity index (χ1n) is 9.29. The molecule has 2 heterocycles. The highest BCUT2D eigenvalue weighted by Gasteiger charge is 2.24. The van der Waals surface area contributed by atoms with Crippen LogP contribution in [0.5, 0.6) is 0 Å². The predicted octanol–water partition coefficient (Wildman–Crippen LogP) is 4.11. The van der Waals surface area contributed by atoms with Gasteiger partial charge < -0.3 is 15.0 Å². The Labute approximate surface area is 164 Å². The van der Waals surface area contributed by atoms with Crippen molar-refractivity contribution in [3.63, 3.8) is 0 Å². The number of aryl methyl sites for hydroxylation is 3. The maximum Gasteiger partial charge on any atom is 0.341 e. The number of carbonyl (C=O) groups is 2. The van der Waals surface area contributed by atoms with Crippen molar-refractivity contribution in [3.8, 4) is 0 Å². The fourth-order valence-corrected chi connectivity index (χ4v) is 4.87. The molecular formula is C21H26N2O3S. The first-order valence-corrected chi connectivity index (χ1v) is 10.1. The van der Waals surface area contributed by atoms with Crippen LogP contribution in [0.2, 0.25) is 0 Å². The second kappa shape index (κ2) is 8.13. The number of fused-ring (bicyclic) bond motifs is 1. The number of nitrogens with zero attached hydrogens (tertiary/aromatic N) is 1. The molecule has 0 fully saturated rings. The molecule has 1 aromatic carbocycles. The summed E-state index contributed by atoms with van der Waals surface area (Å²) in [6.07, 6.45) is 2.81. The van der Waals surface area contributed by atoms with E-state index >= 15 is 0 Å². The highest BCUT2D eigenvalue weighted by atomic mass is 32.1. The second-order valence-electron chi connectivity index (χ2n) is 6.89. The van der Waals surface area contributed by atoms with Crippen LogP contribution in [0.4, 0.5) is 10.7 Å². The molecule has 0 radical (unpaired) electrons. The number of ether oxygens (including phenoxy) is 1. The van der Waals surface area contributed by atoms with Gasteiger partial charge in [0.15, 0.2) is 0 Å². The summed E-state index contributed by atoms with van der Waals surface area (Å²) in [5.41, 5.74) is 5.10. The average molecular weight is 387 g/mol. The third-order valence-electron chi connectivity index (χ3n) is 4.99. The number of hydrogen-bond acceptors (Lipinski definition) is 5. The van der Waals surface area contributed by atoms with Crippen LogP contribution >= 0.6 is 11.3 Å². The zero-order chi connectivity index (χ0) is 19.6. The van der Waals surface area contributed by atoms with E-state index in [0.29, 0.717) is 10.6 Å².